The Morgan fingerprint density at radius 2 is 1.74 bits per heavy atom. The lowest BCUT2D eigenvalue weighted by Crippen LogP contribution is -2.27. The van der Waals surface area contributed by atoms with Crippen molar-refractivity contribution in [1.82, 2.24) is 5.43 Å². The van der Waals surface area contributed by atoms with E-state index in [9.17, 15) is 9.59 Å². The lowest BCUT2D eigenvalue weighted by molar-refractivity contribution is -0.123. The van der Waals surface area contributed by atoms with Crippen LogP contribution in [0.4, 0.5) is 5.69 Å². The van der Waals surface area contributed by atoms with Crippen LogP contribution in [-0.4, -0.2) is 24.1 Å². The van der Waals surface area contributed by atoms with Gasteiger partial charge in [0.15, 0.2) is 6.61 Å². The predicted octanol–water partition coefficient (Wildman–Crippen LogP) is 3.59. The molecular weight excluding hydrogens is 342 g/mol. The molecular formula is C21H25N3O3. The maximum Gasteiger partial charge on any atom is 0.277 e. The lowest BCUT2D eigenvalue weighted by Gasteiger charge is -2.18. The maximum absolute atomic E-state index is 12.1. The lowest BCUT2D eigenvalue weighted by atomic mass is 9.95. The number of nitrogens with zero attached hydrogens (tertiary/aromatic N) is 1. The van der Waals surface area contributed by atoms with E-state index in [4.69, 9.17) is 4.74 Å². The summed E-state index contributed by atoms with van der Waals surface area (Å²) in [6.45, 7) is 7.22. The highest BCUT2D eigenvalue weighted by Gasteiger charge is 2.21. The van der Waals surface area contributed by atoms with E-state index in [2.05, 4.69) is 15.8 Å². The molecule has 0 heterocycles. The van der Waals surface area contributed by atoms with Gasteiger partial charge in [-0.2, -0.15) is 5.10 Å². The summed E-state index contributed by atoms with van der Waals surface area (Å²) >= 11 is 0. The van der Waals surface area contributed by atoms with Gasteiger partial charge >= 0.3 is 0 Å². The minimum atomic E-state index is -0.480. The minimum Gasteiger partial charge on any atom is -0.484 e. The number of anilines is 1. The third kappa shape index (κ3) is 6.58. The molecule has 0 aliphatic carbocycles. The van der Waals surface area contributed by atoms with Gasteiger partial charge in [0.2, 0.25) is 5.91 Å². The van der Waals surface area contributed by atoms with E-state index >= 15 is 0 Å². The number of para-hydroxylation sites is 1. The number of hydrogen-bond donors (Lipinski definition) is 2. The third-order valence-corrected chi connectivity index (χ3v) is 3.68. The Kier molecular flexibility index (Phi) is 6.71. The van der Waals surface area contributed by atoms with Gasteiger partial charge in [-0.15, -0.1) is 0 Å². The van der Waals surface area contributed by atoms with Gasteiger partial charge in [-0.1, -0.05) is 51.1 Å². The maximum atomic E-state index is 12.1. The van der Waals surface area contributed by atoms with E-state index in [0.717, 1.165) is 5.56 Å². The van der Waals surface area contributed by atoms with Crippen molar-refractivity contribution < 1.29 is 14.3 Å². The van der Waals surface area contributed by atoms with Gasteiger partial charge in [-0.25, -0.2) is 5.43 Å². The number of carbonyl (C=O) groups is 2. The highest BCUT2D eigenvalue weighted by Crippen LogP contribution is 2.18. The number of hydrogen-bond acceptors (Lipinski definition) is 4. The van der Waals surface area contributed by atoms with Crippen molar-refractivity contribution in [2.45, 2.75) is 27.7 Å². The second kappa shape index (κ2) is 8.98. The van der Waals surface area contributed by atoms with Crippen LogP contribution in [0.25, 0.3) is 0 Å². The fourth-order valence-electron chi connectivity index (χ4n) is 2.05. The number of hydrazone groups is 1. The first kappa shape index (κ1) is 20.2. The average Bonchev–Trinajstić information content (AvgIpc) is 2.64. The van der Waals surface area contributed by atoms with Crippen LogP contribution in [0, 0.1) is 5.41 Å². The van der Waals surface area contributed by atoms with E-state index in [1.54, 1.807) is 19.1 Å². The zero-order valence-electron chi connectivity index (χ0n) is 16.1. The SMILES string of the molecule is C/C(=N/NC(=O)COc1ccccc1)c1cccc(NC(=O)C(C)(C)C)c1. The van der Waals surface area contributed by atoms with Crippen LogP contribution in [0.15, 0.2) is 59.7 Å². The molecule has 2 aromatic rings. The van der Waals surface area contributed by atoms with Crippen molar-refractivity contribution in [3.8, 4) is 5.75 Å². The summed E-state index contributed by atoms with van der Waals surface area (Å²) in [6.07, 6.45) is 0. The Morgan fingerprint density at radius 3 is 2.41 bits per heavy atom. The smallest absolute Gasteiger partial charge is 0.277 e. The Morgan fingerprint density at radius 1 is 1.04 bits per heavy atom. The molecule has 6 heteroatoms. The van der Waals surface area contributed by atoms with Gasteiger partial charge in [0.05, 0.1) is 5.71 Å². The first-order valence-corrected chi connectivity index (χ1v) is 8.68. The molecule has 27 heavy (non-hydrogen) atoms. The van der Waals surface area contributed by atoms with Gasteiger partial charge in [0.25, 0.3) is 5.91 Å². The molecule has 0 radical (unpaired) electrons. The molecule has 0 unspecified atom stereocenters. The molecule has 2 amide bonds. The first-order chi connectivity index (χ1) is 12.8. The minimum absolute atomic E-state index is 0.0689. The van der Waals surface area contributed by atoms with Crippen LogP contribution >= 0.6 is 0 Å². The van der Waals surface area contributed by atoms with Crippen LogP contribution in [0.2, 0.25) is 0 Å². The van der Waals surface area contributed by atoms with Crippen LogP contribution in [0.3, 0.4) is 0 Å². The summed E-state index contributed by atoms with van der Waals surface area (Å²) in [7, 11) is 0. The molecule has 0 saturated heterocycles. The molecule has 0 aliphatic rings. The Bertz CT molecular complexity index is 824. The molecule has 6 nitrogen and oxygen atoms in total. The number of carbonyl (C=O) groups excluding carboxylic acids is 2. The van der Waals surface area contributed by atoms with Crippen molar-refractivity contribution >= 4 is 23.2 Å². The molecule has 0 atom stereocenters. The zero-order chi connectivity index (χ0) is 19.9. The Balaban J connectivity index is 1.94. The van der Waals surface area contributed by atoms with E-state index in [0.29, 0.717) is 17.1 Å². The van der Waals surface area contributed by atoms with Gasteiger partial charge in [-0.3, -0.25) is 9.59 Å². The van der Waals surface area contributed by atoms with Crippen molar-refractivity contribution in [2.24, 2.45) is 10.5 Å². The van der Waals surface area contributed by atoms with E-state index in [1.807, 2.05) is 63.2 Å². The standard InChI is InChI=1S/C21H25N3O3/c1-15(23-24-19(25)14-27-18-11-6-5-7-12-18)16-9-8-10-17(13-16)22-20(26)21(2,3)4/h5-13H,14H2,1-4H3,(H,22,26)(H,24,25)/b23-15-. The van der Waals surface area contributed by atoms with Gasteiger partial charge in [-0.05, 0) is 36.8 Å². The van der Waals surface area contributed by atoms with Crippen molar-refractivity contribution in [3.05, 3.63) is 60.2 Å². The van der Waals surface area contributed by atoms with Crippen LogP contribution in [0.5, 0.6) is 5.75 Å². The van der Waals surface area contributed by atoms with Crippen molar-refractivity contribution in [1.29, 1.82) is 0 Å². The molecule has 0 aliphatic heterocycles. The number of amides is 2. The summed E-state index contributed by atoms with van der Waals surface area (Å²) in [5.74, 6) is 0.201. The average molecular weight is 367 g/mol. The van der Waals surface area contributed by atoms with Crippen molar-refractivity contribution in [2.75, 3.05) is 11.9 Å². The molecule has 142 valence electrons. The van der Waals surface area contributed by atoms with E-state index in [-0.39, 0.29) is 18.4 Å². The fourth-order valence-corrected chi connectivity index (χ4v) is 2.05. The summed E-state index contributed by atoms with van der Waals surface area (Å²) in [4.78, 5) is 24.0. The van der Waals surface area contributed by atoms with Gasteiger partial charge in [0, 0.05) is 11.1 Å². The van der Waals surface area contributed by atoms with Crippen LogP contribution in [0.1, 0.15) is 33.3 Å². The zero-order valence-corrected chi connectivity index (χ0v) is 16.1. The number of nitrogens with one attached hydrogen (secondary N) is 2. The summed E-state index contributed by atoms with van der Waals surface area (Å²) < 4.78 is 5.37. The molecule has 2 N–H and O–H groups in total. The summed E-state index contributed by atoms with van der Waals surface area (Å²) in [6, 6.07) is 16.4. The number of ether oxygens (including phenoxy) is 1. The molecule has 0 spiro atoms. The van der Waals surface area contributed by atoms with E-state index < -0.39 is 5.41 Å². The molecule has 0 aromatic heterocycles. The normalized spacial score (nSPS) is 11.6. The van der Waals surface area contributed by atoms with E-state index in [1.165, 1.54) is 0 Å². The molecule has 2 rings (SSSR count). The highest BCUT2D eigenvalue weighted by atomic mass is 16.5. The van der Waals surface area contributed by atoms with Crippen LogP contribution in [-0.2, 0) is 9.59 Å². The molecule has 0 saturated carbocycles. The van der Waals surface area contributed by atoms with Gasteiger partial charge in [0.1, 0.15) is 5.75 Å². The number of benzene rings is 2. The Labute approximate surface area is 159 Å². The third-order valence-electron chi connectivity index (χ3n) is 3.68. The van der Waals surface area contributed by atoms with Crippen LogP contribution < -0.4 is 15.5 Å². The highest BCUT2D eigenvalue weighted by molar-refractivity contribution is 6.01. The quantitative estimate of drug-likeness (QED) is 0.605. The number of rotatable bonds is 6. The first-order valence-electron chi connectivity index (χ1n) is 8.68. The van der Waals surface area contributed by atoms with Gasteiger partial charge < -0.3 is 10.1 Å². The largest absolute Gasteiger partial charge is 0.484 e. The Hall–Kier alpha value is -3.15. The fraction of sp³-hybridized carbons (Fsp3) is 0.286. The monoisotopic (exact) mass is 367 g/mol. The second-order valence-corrected chi connectivity index (χ2v) is 7.12. The summed E-state index contributed by atoms with van der Waals surface area (Å²) in [5.41, 5.74) is 4.09. The topological polar surface area (TPSA) is 79.8 Å². The second-order valence-electron chi connectivity index (χ2n) is 7.12. The molecule has 0 fully saturated rings. The molecule has 0 bridgehead atoms. The molecule has 2 aromatic carbocycles. The predicted molar refractivity (Wildman–Crippen MR) is 107 cm³/mol. The van der Waals surface area contributed by atoms with Crippen molar-refractivity contribution in [3.63, 3.8) is 0 Å². The summed E-state index contributed by atoms with van der Waals surface area (Å²) in [5, 5.41) is 6.98.